The molecule has 0 radical (unpaired) electrons. The summed E-state index contributed by atoms with van der Waals surface area (Å²) in [7, 11) is -4.25. The molecule has 6 heteroatoms. The fourth-order valence-corrected chi connectivity index (χ4v) is 4.35. The molecule has 3 nitrogen and oxygen atoms in total. The fraction of sp³-hybridized carbons (Fsp3) is 0. The second-order valence-electron chi connectivity index (χ2n) is 4.38. The molecular weight excluding hydrogens is 502 g/mol. The normalized spacial score (nSPS) is 12.2. The number of hydrogen-bond acceptors (Lipinski definition) is 2. The summed E-state index contributed by atoms with van der Waals surface area (Å²) in [5.41, 5.74) is 0. The lowest BCUT2D eigenvalue weighted by Gasteiger charge is -2.10. The van der Waals surface area contributed by atoms with Gasteiger partial charge in [0, 0.05) is 12.5 Å². The van der Waals surface area contributed by atoms with Gasteiger partial charge in [0.15, 0.2) is 0 Å². The number of hydrogen-bond donors (Lipinski definition) is 1. The van der Waals surface area contributed by atoms with Crippen LogP contribution >= 0.6 is 45.2 Å². The maximum Gasteiger partial charge on any atom is 0.295 e. The van der Waals surface area contributed by atoms with Gasteiger partial charge in [-0.05, 0) is 85.6 Å². The van der Waals surface area contributed by atoms with Gasteiger partial charge in [-0.25, -0.2) is 0 Å². The molecule has 3 aromatic rings. The molecule has 0 heterocycles. The van der Waals surface area contributed by atoms with Gasteiger partial charge in [-0.3, -0.25) is 4.55 Å². The fourth-order valence-electron chi connectivity index (χ4n) is 2.32. The van der Waals surface area contributed by atoms with Crippen LogP contribution in [0.5, 0.6) is 0 Å². The van der Waals surface area contributed by atoms with Gasteiger partial charge in [0.1, 0.15) is 4.90 Å². The first-order valence-corrected chi connectivity index (χ1v) is 9.25. The van der Waals surface area contributed by atoms with Crippen molar-refractivity contribution in [1.29, 1.82) is 0 Å². The molecule has 3 rings (SSSR count). The van der Waals surface area contributed by atoms with Gasteiger partial charge in [0.05, 0.1) is 0 Å². The summed E-state index contributed by atoms with van der Waals surface area (Å²) >= 11 is 4.40. The molecule has 0 aliphatic carbocycles. The van der Waals surface area contributed by atoms with Gasteiger partial charge in [-0.15, -0.1) is 0 Å². The molecule has 0 spiro atoms. The third-order valence-corrected chi connectivity index (χ3v) is 5.59. The molecule has 0 aromatic heterocycles. The number of halogens is 2. The van der Waals surface area contributed by atoms with Crippen molar-refractivity contribution in [1.82, 2.24) is 0 Å². The van der Waals surface area contributed by atoms with E-state index in [4.69, 9.17) is 0 Å². The summed E-state index contributed by atoms with van der Waals surface area (Å²) in [6, 6.07) is 12.8. The van der Waals surface area contributed by atoms with E-state index >= 15 is 0 Å². The smallest absolute Gasteiger partial charge is 0.282 e. The molecule has 0 fully saturated rings. The Kier molecular flexibility index (Phi) is 3.68. The van der Waals surface area contributed by atoms with Crippen LogP contribution in [0.4, 0.5) is 0 Å². The first kappa shape index (κ1) is 14.5. The monoisotopic (exact) mass is 510 g/mol. The minimum absolute atomic E-state index is 0.0419. The average Bonchev–Trinajstić information content (AvgIpc) is 2.36. The van der Waals surface area contributed by atoms with Gasteiger partial charge >= 0.3 is 0 Å². The SMILES string of the molecule is O=S(=O)(O)c1cccc2c(I)cc3cc(I)ccc3c12. The van der Waals surface area contributed by atoms with E-state index in [9.17, 15) is 13.0 Å². The van der Waals surface area contributed by atoms with E-state index in [1.165, 1.54) is 6.07 Å². The Balaban J connectivity index is 2.65. The number of rotatable bonds is 1. The van der Waals surface area contributed by atoms with E-state index in [2.05, 4.69) is 45.2 Å². The molecular formula is C14H8I2O3S. The van der Waals surface area contributed by atoms with E-state index in [0.717, 1.165) is 23.3 Å². The third kappa shape index (κ3) is 2.42. The van der Waals surface area contributed by atoms with Crippen LogP contribution in [0.2, 0.25) is 0 Å². The van der Waals surface area contributed by atoms with Crippen LogP contribution in [0.25, 0.3) is 21.5 Å². The van der Waals surface area contributed by atoms with Crippen molar-refractivity contribution < 1.29 is 13.0 Å². The lowest BCUT2D eigenvalue weighted by molar-refractivity contribution is 0.484. The molecule has 3 aromatic carbocycles. The maximum absolute atomic E-state index is 11.6. The predicted molar refractivity (Wildman–Crippen MR) is 96.7 cm³/mol. The minimum atomic E-state index is -4.25. The Morgan fingerprint density at radius 3 is 2.40 bits per heavy atom. The van der Waals surface area contributed by atoms with Crippen LogP contribution in [0, 0.1) is 7.14 Å². The first-order chi connectivity index (χ1) is 9.38. The second-order valence-corrected chi connectivity index (χ2v) is 8.18. The Morgan fingerprint density at radius 2 is 1.70 bits per heavy atom. The highest BCUT2D eigenvalue weighted by molar-refractivity contribution is 14.1. The molecule has 0 aliphatic rings. The van der Waals surface area contributed by atoms with Crippen molar-refractivity contribution in [2.75, 3.05) is 0 Å². The molecule has 0 saturated heterocycles. The zero-order chi connectivity index (χ0) is 14.5. The van der Waals surface area contributed by atoms with E-state index in [1.807, 2.05) is 30.3 Å². The van der Waals surface area contributed by atoms with Gasteiger partial charge in [-0.2, -0.15) is 8.42 Å². The maximum atomic E-state index is 11.6. The van der Waals surface area contributed by atoms with Crippen LogP contribution in [-0.4, -0.2) is 13.0 Å². The van der Waals surface area contributed by atoms with Gasteiger partial charge in [0.2, 0.25) is 0 Å². The van der Waals surface area contributed by atoms with E-state index in [1.54, 1.807) is 6.07 Å². The van der Waals surface area contributed by atoms with Crippen molar-refractivity contribution in [3.05, 3.63) is 49.6 Å². The summed E-state index contributed by atoms with van der Waals surface area (Å²) in [6.07, 6.45) is 0. The molecule has 0 saturated carbocycles. The lowest BCUT2D eigenvalue weighted by atomic mass is 10.0. The molecule has 0 atom stereocenters. The highest BCUT2D eigenvalue weighted by Gasteiger charge is 2.17. The highest BCUT2D eigenvalue weighted by atomic mass is 127. The van der Waals surface area contributed by atoms with Crippen molar-refractivity contribution in [3.63, 3.8) is 0 Å². The topological polar surface area (TPSA) is 54.4 Å². The molecule has 20 heavy (non-hydrogen) atoms. The Bertz CT molecular complexity index is 949. The van der Waals surface area contributed by atoms with Crippen molar-refractivity contribution in [2.45, 2.75) is 4.90 Å². The van der Waals surface area contributed by atoms with E-state index in [0.29, 0.717) is 5.39 Å². The van der Waals surface area contributed by atoms with Gasteiger partial charge in [-0.1, -0.05) is 18.2 Å². The quantitative estimate of drug-likeness (QED) is 0.299. The Morgan fingerprint density at radius 1 is 0.950 bits per heavy atom. The molecule has 0 unspecified atom stereocenters. The van der Waals surface area contributed by atoms with Crippen LogP contribution < -0.4 is 0 Å². The van der Waals surface area contributed by atoms with Gasteiger partial charge < -0.3 is 0 Å². The Hall–Kier alpha value is -0.450. The zero-order valence-corrected chi connectivity index (χ0v) is 15.1. The van der Waals surface area contributed by atoms with Crippen LogP contribution in [-0.2, 0) is 10.1 Å². The van der Waals surface area contributed by atoms with Crippen LogP contribution in [0.1, 0.15) is 0 Å². The number of benzene rings is 3. The van der Waals surface area contributed by atoms with E-state index < -0.39 is 10.1 Å². The predicted octanol–water partition coefficient (Wildman–Crippen LogP) is 4.45. The molecule has 0 aliphatic heterocycles. The third-order valence-electron chi connectivity index (χ3n) is 3.13. The number of fused-ring (bicyclic) bond motifs is 3. The Labute approximate surface area is 143 Å². The van der Waals surface area contributed by atoms with Crippen molar-refractivity contribution >= 4 is 76.8 Å². The largest absolute Gasteiger partial charge is 0.295 e. The standard InChI is InChI=1S/C14H8I2O3S/c15-9-4-5-10-8(6-9)7-12(16)11-2-1-3-13(14(10)11)20(17,18)19/h1-7H,(H,17,18,19). The van der Waals surface area contributed by atoms with Crippen molar-refractivity contribution in [3.8, 4) is 0 Å². The zero-order valence-electron chi connectivity index (χ0n) is 9.97. The molecule has 0 bridgehead atoms. The summed E-state index contributed by atoms with van der Waals surface area (Å²) in [5.74, 6) is 0. The summed E-state index contributed by atoms with van der Waals surface area (Å²) in [4.78, 5) is -0.0419. The van der Waals surface area contributed by atoms with Crippen molar-refractivity contribution in [2.24, 2.45) is 0 Å². The molecule has 102 valence electrons. The van der Waals surface area contributed by atoms with Gasteiger partial charge in [0.25, 0.3) is 10.1 Å². The molecule has 0 amide bonds. The average molecular weight is 510 g/mol. The molecule has 1 N–H and O–H groups in total. The van der Waals surface area contributed by atoms with Crippen LogP contribution in [0.15, 0.2) is 47.4 Å². The minimum Gasteiger partial charge on any atom is -0.282 e. The summed E-state index contributed by atoms with van der Waals surface area (Å²) in [5, 5.41) is 3.20. The second kappa shape index (κ2) is 5.08. The highest BCUT2D eigenvalue weighted by Crippen LogP contribution is 2.34. The first-order valence-electron chi connectivity index (χ1n) is 5.66. The summed E-state index contributed by atoms with van der Waals surface area (Å²) < 4.78 is 34.7. The lowest BCUT2D eigenvalue weighted by Crippen LogP contribution is -2.00. The summed E-state index contributed by atoms with van der Waals surface area (Å²) in [6.45, 7) is 0. The van der Waals surface area contributed by atoms with E-state index in [-0.39, 0.29) is 4.90 Å². The van der Waals surface area contributed by atoms with Crippen LogP contribution in [0.3, 0.4) is 0 Å².